The number of likely N-dealkylation sites (tertiary alicyclic amines) is 1. The highest BCUT2D eigenvalue weighted by Gasteiger charge is 2.33. The second-order valence-electron chi connectivity index (χ2n) is 5.58. The van der Waals surface area contributed by atoms with Gasteiger partial charge in [-0.25, -0.2) is 13.1 Å². The monoisotopic (exact) mass is 331 g/mol. The van der Waals surface area contributed by atoms with E-state index in [1.807, 2.05) is 30.3 Å². The zero-order chi connectivity index (χ0) is 16.4. The highest BCUT2D eigenvalue weighted by atomic mass is 32.2. The number of hydrogen-bond donors (Lipinski definition) is 1. The largest absolute Gasteiger partial charge is 0.335 e. The molecule has 1 N–H and O–H groups in total. The average molecular weight is 331 g/mol. The Labute approximate surface area is 135 Å². The summed E-state index contributed by atoms with van der Waals surface area (Å²) in [5.41, 5.74) is 2.38. The van der Waals surface area contributed by atoms with Crippen LogP contribution in [0, 0.1) is 0 Å². The molecule has 3 rings (SSSR count). The van der Waals surface area contributed by atoms with E-state index in [1.165, 1.54) is 0 Å². The van der Waals surface area contributed by atoms with Crippen molar-refractivity contribution in [2.45, 2.75) is 6.04 Å². The molecule has 120 valence electrons. The molecule has 1 aliphatic heterocycles. The Morgan fingerprint density at radius 1 is 1.17 bits per heavy atom. The first kappa shape index (κ1) is 15.6. The molecule has 6 nitrogen and oxygen atoms in total. The van der Waals surface area contributed by atoms with Gasteiger partial charge in [0.1, 0.15) is 0 Å². The maximum Gasteiger partial charge on any atom is 0.254 e. The number of aromatic nitrogens is 1. The molecule has 0 spiro atoms. The summed E-state index contributed by atoms with van der Waals surface area (Å²) >= 11 is 0. The zero-order valence-electron chi connectivity index (χ0n) is 12.6. The second kappa shape index (κ2) is 6.10. The van der Waals surface area contributed by atoms with Crippen LogP contribution in [0.1, 0.15) is 10.4 Å². The number of pyridine rings is 1. The molecule has 23 heavy (non-hydrogen) atoms. The highest BCUT2D eigenvalue weighted by Crippen LogP contribution is 2.25. The Morgan fingerprint density at radius 3 is 2.48 bits per heavy atom. The van der Waals surface area contributed by atoms with Gasteiger partial charge < -0.3 is 4.90 Å². The Bertz CT molecular complexity index is 815. The van der Waals surface area contributed by atoms with E-state index in [-0.39, 0.29) is 11.9 Å². The van der Waals surface area contributed by atoms with Crippen molar-refractivity contribution >= 4 is 15.9 Å². The van der Waals surface area contributed by atoms with Crippen LogP contribution in [0.15, 0.2) is 48.8 Å². The van der Waals surface area contributed by atoms with Gasteiger partial charge in [0.15, 0.2) is 0 Å². The molecule has 7 heteroatoms. The fourth-order valence-corrected chi connectivity index (χ4v) is 3.40. The minimum Gasteiger partial charge on any atom is -0.335 e. The minimum absolute atomic E-state index is 0.0936. The van der Waals surface area contributed by atoms with E-state index in [1.54, 1.807) is 23.4 Å². The lowest BCUT2D eigenvalue weighted by molar-refractivity contribution is 0.0593. The molecule has 0 bridgehead atoms. The Hall–Kier alpha value is -2.25. The number of carbonyl (C=O) groups excluding carboxylic acids is 1. The summed E-state index contributed by atoms with van der Waals surface area (Å²) in [7, 11) is -3.24. The Kier molecular flexibility index (Phi) is 4.14. The molecule has 1 fully saturated rings. The van der Waals surface area contributed by atoms with Crippen LogP contribution in [0.3, 0.4) is 0 Å². The maximum absolute atomic E-state index is 12.7. The van der Waals surface area contributed by atoms with Crippen LogP contribution in [-0.2, 0) is 10.0 Å². The molecule has 0 aliphatic carbocycles. The van der Waals surface area contributed by atoms with Gasteiger partial charge in [-0.05, 0) is 29.3 Å². The molecule has 0 atom stereocenters. The summed E-state index contributed by atoms with van der Waals surface area (Å²) in [6, 6.07) is 10.9. The summed E-state index contributed by atoms with van der Waals surface area (Å²) in [5.74, 6) is -0.0936. The quantitative estimate of drug-likeness (QED) is 0.910. The minimum atomic E-state index is -3.24. The van der Waals surface area contributed by atoms with Crippen LogP contribution >= 0.6 is 0 Å². The number of sulfonamides is 1. The van der Waals surface area contributed by atoms with Gasteiger partial charge in [0.2, 0.25) is 10.0 Å². The molecule has 2 heterocycles. The topological polar surface area (TPSA) is 79.4 Å². The predicted molar refractivity (Wildman–Crippen MR) is 87.3 cm³/mol. The normalized spacial score (nSPS) is 15.3. The summed E-state index contributed by atoms with van der Waals surface area (Å²) in [5, 5.41) is 0. The number of rotatable bonds is 4. The lowest BCUT2D eigenvalue weighted by Crippen LogP contribution is -2.60. The Balaban J connectivity index is 1.77. The highest BCUT2D eigenvalue weighted by molar-refractivity contribution is 7.88. The van der Waals surface area contributed by atoms with Crippen molar-refractivity contribution < 1.29 is 13.2 Å². The van der Waals surface area contributed by atoms with Gasteiger partial charge in [0, 0.05) is 31.0 Å². The van der Waals surface area contributed by atoms with Crippen molar-refractivity contribution in [3.8, 4) is 11.1 Å². The van der Waals surface area contributed by atoms with Crippen LogP contribution in [-0.4, -0.2) is 49.6 Å². The number of hydrogen-bond acceptors (Lipinski definition) is 4. The standard InChI is InChI=1S/C16H17N3O3S/c1-23(21,22)18-13-10-19(11-13)16(20)15-5-3-2-4-14(15)12-6-8-17-9-7-12/h2-9,13,18H,10-11H2,1H3. The van der Waals surface area contributed by atoms with Crippen LogP contribution in [0.25, 0.3) is 11.1 Å². The fraction of sp³-hybridized carbons (Fsp3) is 0.250. The van der Waals surface area contributed by atoms with Crippen LogP contribution in [0.5, 0.6) is 0 Å². The smallest absolute Gasteiger partial charge is 0.254 e. The number of carbonyl (C=O) groups is 1. The predicted octanol–water partition coefficient (Wildman–Crippen LogP) is 1.12. The third-order valence-electron chi connectivity index (χ3n) is 3.70. The molecule has 0 radical (unpaired) electrons. The lowest BCUT2D eigenvalue weighted by atomic mass is 9.98. The SMILES string of the molecule is CS(=O)(=O)NC1CN(C(=O)c2ccccc2-c2ccncc2)C1. The van der Waals surface area contributed by atoms with E-state index >= 15 is 0 Å². The maximum atomic E-state index is 12.7. The molecule has 1 amide bonds. The van der Waals surface area contributed by atoms with E-state index in [0.29, 0.717) is 18.7 Å². The van der Waals surface area contributed by atoms with Gasteiger partial charge in [0.05, 0.1) is 12.3 Å². The van der Waals surface area contributed by atoms with Gasteiger partial charge in [0.25, 0.3) is 5.91 Å². The van der Waals surface area contributed by atoms with Crippen LogP contribution < -0.4 is 4.72 Å². The molecular formula is C16H17N3O3S. The molecule has 0 unspecified atom stereocenters. The number of amides is 1. The zero-order valence-corrected chi connectivity index (χ0v) is 13.5. The molecule has 0 saturated carbocycles. The number of nitrogens with zero attached hydrogens (tertiary/aromatic N) is 2. The van der Waals surface area contributed by atoms with Crippen LogP contribution in [0.4, 0.5) is 0 Å². The first-order valence-electron chi connectivity index (χ1n) is 7.20. The van der Waals surface area contributed by atoms with Gasteiger partial charge in [-0.3, -0.25) is 9.78 Å². The van der Waals surface area contributed by atoms with Gasteiger partial charge in [-0.1, -0.05) is 18.2 Å². The van der Waals surface area contributed by atoms with Crippen molar-refractivity contribution in [1.29, 1.82) is 0 Å². The van der Waals surface area contributed by atoms with Gasteiger partial charge in [-0.2, -0.15) is 0 Å². The van der Waals surface area contributed by atoms with E-state index in [9.17, 15) is 13.2 Å². The van der Waals surface area contributed by atoms with E-state index < -0.39 is 10.0 Å². The van der Waals surface area contributed by atoms with E-state index in [0.717, 1.165) is 17.4 Å². The van der Waals surface area contributed by atoms with Gasteiger partial charge >= 0.3 is 0 Å². The second-order valence-corrected chi connectivity index (χ2v) is 7.36. The Morgan fingerprint density at radius 2 is 1.83 bits per heavy atom. The summed E-state index contributed by atoms with van der Waals surface area (Å²) in [4.78, 5) is 18.3. The molecule has 1 aromatic heterocycles. The van der Waals surface area contributed by atoms with Crippen molar-refractivity contribution in [3.63, 3.8) is 0 Å². The van der Waals surface area contributed by atoms with E-state index in [2.05, 4.69) is 9.71 Å². The fourth-order valence-electron chi connectivity index (χ4n) is 2.64. The summed E-state index contributed by atoms with van der Waals surface area (Å²) in [6.07, 6.45) is 4.49. The third-order valence-corrected chi connectivity index (χ3v) is 4.46. The molecule has 1 saturated heterocycles. The van der Waals surface area contributed by atoms with Gasteiger partial charge in [-0.15, -0.1) is 0 Å². The van der Waals surface area contributed by atoms with Crippen molar-refractivity contribution in [1.82, 2.24) is 14.6 Å². The molecule has 1 aromatic carbocycles. The summed E-state index contributed by atoms with van der Waals surface area (Å²) < 4.78 is 24.9. The summed E-state index contributed by atoms with van der Waals surface area (Å²) in [6.45, 7) is 0.771. The first-order valence-corrected chi connectivity index (χ1v) is 9.09. The first-order chi connectivity index (χ1) is 10.9. The average Bonchev–Trinajstić information content (AvgIpc) is 2.50. The number of benzene rings is 1. The van der Waals surface area contributed by atoms with Crippen molar-refractivity contribution in [3.05, 3.63) is 54.4 Å². The molecule has 2 aromatic rings. The number of nitrogens with one attached hydrogen (secondary N) is 1. The van der Waals surface area contributed by atoms with E-state index in [4.69, 9.17) is 0 Å². The molecule has 1 aliphatic rings. The third kappa shape index (κ3) is 3.57. The van der Waals surface area contributed by atoms with Crippen LogP contribution in [0.2, 0.25) is 0 Å². The van der Waals surface area contributed by atoms with Crippen molar-refractivity contribution in [2.75, 3.05) is 19.3 Å². The lowest BCUT2D eigenvalue weighted by Gasteiger charge is -2.39. The van der Waals surface area contributed by atoms with Crippen molar-refractivity contribution in [2.24, 2.45) is 0 Å². The molecular weight excluding hydrogens is 314 g/mol.